The van der Waals surface area contributed by atoms with Crippen LogP contribution in [-0.4, -0.2) is 51.4 Å². The van der Waals surface area contributed by atoms with Gasteiger partial charge in [-0.25, -0.2) is 17.9 Å². The first-order valence-electron chi connectivity index (χ1n) is 8.37. The summed E-state index contributed by atoms with van der Waals surface area (Å²) < 4.78 is 31.6. The molecule has 0 aliphatic rings. The topological polar surface area (TPSA) is 131 Å². The number of benzene rings is 1. The summed E-state index contributed by atoms with van der Waals surface area (Å²) in [4.78, 5) is 35.0. The smallest absolute Gasteiger partial charge is 0.338 e. The van der Waals surface area contributed by atoms with Crippen LogP contribution in [0, 0.1) is 0 Å². The molecule has 0 saturated heterocycles. The summed E-state index contributed by atoms with van der Waals surface area (Å²) in [6.45, 7) is 6.10. The van der Waals surface area contributed by atoms with Crippen LogP contribution < -0.4 is 15.4 Å². The second-order valence-corrected chi connectivity index (χ2v) is 8.09. The summed E-state index contributed by atoms with van der Waals surface area (Å²) in [7, 11) is -3.76. The minimum Gasteiger partial charge on any atom is -0.452 e. The van der Waals surface area contributed by atoms with E-state index in [1.54, 1.807) is 27.7 Å². The Hall–Kier alpha value is -2.46. The molecule has 1 rings (SSSR count). The van der Waals surface area contributed by atoms with Gasteiger partial charge in [-0.1, -0.05) is 6.07 Å². The Labute approximate surface area is 158 Å². The summed E-state index contributed by atoms with van der Waals surface area (Å²) in [5.74, 6) is -1.86. The molecule has 2 amide bonds. The first-order valence-corrected chi connectivity index (χ1v) is 9.85. The van der Waals surface area contributed by atoms with Crippen LogP contribution in [0.25, 0.3) is 0 Å². The minimum absolute atomic E-state index is 0.00742. The van der Waals surface area contributed by atoms with Gasteiger partial charge in [-0.3, -0.25) is 9.59 Å². The van der Waals surface area contributed by atoms with Crippen molar-refractivity contribution >= 4 is 27.8 Å². The lowest BCUT2D eigenvalue weighted by Gasteiger charge is -2.11. The quantitative estimate of drug-likeness (QED) is 0.508. The standard InChI is InChI=1S/C17H25N3O6S/c1-11(2)19-15(21)9-18-16(22)10-26-17(23)13-6-5-7-14(8-13)27(24,25)20-12(3)4/h5-8,11-12,20H,9-10H2,1-4H3,(H,18,22)(H,19,21). The van der Waals surface area contributed by atoms with Crippen molar-refractivity contribution in [3.63, 3.8) is 0 Å². The molecule has 0 fully saturated rings. The summed E-state index contributed by atoms with van der Waals surface area (Å²) in [5, 5.41) is 4.92. The van der Waals surface area contributed by atoms with Crippen molar-refractivity contribution in [2.75, 3.05) is 13.2 Å². The summed E-state index contributed by atoms with van der Waals surface area (Å²) >= 11 is 0. The number of ether oxygens (including phenoxy) is 1. The number of rotatable bonds is 9. The minimum atomic E-state index is -3.76. The summed E-state index contributed by atoms with van der Waals surface area (Å²) in [5.41, 5.74) is -0.00742. The highest BCUT2D eigenvalue weighted by Crippen LogP contribution is 2.13. The Morgan fingerprint density at radius 3 is 2.30 bits per heavy atom. The lowest BCUT2D eigenvalue weighted by atomic mass is 10.2. The number of sulfonamides is 1. The maximum Gasteiger partial charge on any atom is 0.338 e. The Bertz CT molecular complexity index is 790. The molecule has 1 aromatic rings. The van der Waals surface area contributed by atoms with E-state index >= 15 is 0 Å². The fourth-order valence-corrected chi connectivity index (χ4v) is 3.28. The number of hydrogen-bond acceptors (Lipinski definition) is 6. The Kier molecular flexibility index (Phi) is 8.38. The van der Waals surface area contributed by atoms with Crippen LogP contribution in [0.3, 0.4) is 0 Å². The van der Waals surface area contributed by atoms with Crippen LogP contribution in [-0.2, 0) is 24.3 Å². The van der Waals surface area contributed by atoms with Crippen molar-refractivity contribution in [1.82, 2.24) is 15.4 Å². The van der Waals surface area contributed by atoms with Gasteiger partial charge in [0.25, 0.3) is 5.91 Å². The third-order valence-electron chi connectivity index (χ3n) is 3.00. The number of amides is 2. The van der Waals surface area contributed by atoms with Gasteiger partial charge < -0.3 is 15.4 Å². The van der Waals surface area contributed by atoms with Gasteiger partial charge in [-0.05, 0) is 45.9 Å². The average Bonchev–Trinajstić information content (AvgIpc) is 2.56. The van der Waals surface area contributed by atoms with E-state index in [2.05, 4.69) is 15.4 Å². The Morgan fingerprint density at radius 1 is 1.04 bits per heavy atom. The third kappa shape index (κ3) is 8.18. The summed E-state index contributed by atoms with van der Waals surface area (Å²) in [6, 6.07) is 4.94. The molecular weight excluding hydrogens is 374 g/mol. The van der Waals surface area contributed by atoms with Crippen LogP contribution >= 0.6 is 0 Å². The second kappa shape index (κ2) is 10.0. The predicted molar refractivity (Wildman–Crippen MR) is 98.5 cm³/mol. The van der Waals surface area contributed by atoms with E-state index in [9.17, 15) is 22.8 Å². The SMILES string of the molecule is CC(C)NC(=O)CNC(=O)COC(=O)c1cccc(S(=O)(=O)NC(C)C)c1. The van der Waals surface area contributed by atoms with Gasteiger partial charge in [-0.15, -0.1) is 0 Å². The van der Waals surface area contributed by atoms with Gasteiger partial charge >= 0.3 is 5.97 Å². The molecule has 0 spiro atoms. The number of carbonyl (C=O) groups excluding carboxylic acids is 3. The molecule has 0 radical (unpaired) electrons. The zero-order valence-electron chi connectivity index (χ0n) is 15.7. The van der Waals surface area contributed by atoms with Crippen LogP contribution in [0.2, 0.25) is 0 Å². The lowest BCUT2D eigenvalue weighted by Crippen LogP contribution is -2.41. The van der Waals surface area contributed by atoms with Gasteiger partial charge in [0.2, 0.25) is 15.9 Å². The zero-order chi connectivity index (χ0) is 20.6. The highest BCUT2D eigenvalue weighted by atomic mass is 32.2. The number of nitrogens with one attached hydrogen (secondary N) is 3. The lowest BCUT2D eigenvalue weighted by molar-refractivity contribution is -0.128. The van der Waals surface area contributed by atoms with E-state index in [0.29, 0.717) is 0 Å². The molecule has 3 N–H and O–H groups in total. The normalized spacial score (nSPS) is 11.3. The van der Waals surface area contributed by atoms with Crippen molar-refractivity contribution in [2.24, 2.45) is 0 Å². The molecule has 0 aromatic heterocycles. The number of esters is 1. The van der Waals surface area contributed by atoms with E-state index in [1.807, 2.05) is 0 Å². The van der Waals surface area contributed by atoms with Gasteiger partial charge in [0.05, 0.1) is 17.0 Å². The highest BCUT2D eigenvalue weighted by molar-refractivity contribution is 7.89. The number of hydrogen-bond donors (Lipinski definition) is 3. The van der Waals surface area contributed by atoms with E-state index in [4.69, 9.17) is 4.74 Å². The molecule has 0 unspecified atom stereocenters. The van der Waals surface area contributed by atoms with Crippen LogP contribution in [0.5, 0.6) is 0 Å². The van der Waals surface area contributed by atoms with E-state index in [1.165, 1.54) is 24.3 Å². The highest BCUT2D eigenvalue weighted by Gasteiger charge is 2.18. The van der Waals surface area contributed by atoms with E-state index in [-0.39, 0.29) is 35.0 Å². The first kappa shape index (κ1) is 22.6. The molecule has 0 atom stereocenters. The maximum atomic E-state index is 12.1. The molecule has 10 heteroatoms. The fourth-order valence-electron chi connectivity index (χ4n) is 1.99. The summed E-state index contributed by atoms with van der Waals surface area (Å²) in [6.07, 6.45) is 0. The van der Waals surface area contributed by atoms with Gasteiger partial charge in [0.15, 0.2) is 6.61 Å². The first-order chi connectivity index (χ1) is 12.5. The molecule has 0 saturated carbocycles. The van der Waals surface area contributed by atoms with E-state index in [0.717, 1.165) is 0 Å². The van der Waals surface area contributed by atoms with Crippen molar-refractivity contribution < 1.29 is 27.5 Å². The van der Waals surface area contributed by atoms with Gasteiger partial charge in [0.1, 0.15) is 0 Å². The maximum absolute atomic E-state index is 12.1. The molecule has 1 aromatic carbocycles. The van der Waals surface area contributed by atoms with Crippen molar-refractivity contribution in [3.05, 3.63) is 29.8 Å². The largest absolute Gasteiger partial charge is 0.452 e. The molecule has 0 bridgehead atoms. The van der Waals surface area contributed by atoms with Crippen molar-refractivity contribution in [3.8, 4) is 0 Å². The molecule has 0 aliphatic heterocycles. The third-order valence-corrected chi connectivity index (χ3v) is 4.66. The number of carbonyl (C=O) groups is 3. The monoisotopic (exact) mass is 399 g/mol. The second-order valence-electron chi connectivity index (χ2n) is 6.38. The van der Waals surface area contributed by atoms with Crippen molar-refractivity contribution in [2.45, 2.75) is 44.7 Å². The predicted octanol–water partition coefficient (Wildman–Crippen LogP) is 0.171. The zero-order valence-corrected chi connectivity index (χ0v) is 16.6. The fraction of sp³-hybridized carbons (Fsp3) is 0.471. The molecule has 150 valence electrons. The van der Waals surface area contributed by atoms with E-state index < -0.39 is 28.5 Å². The van der Waals surface area contributed by atoms with Crippen LogP contribution in [0.4, 0.5) is 0 Å². The van der Waals surface area contributed by atoms with Crippen LogP contribution in [0.15, 0.2) is 29.2 Å². The van der Waals surface area contributed by atoms with Gasteiger partial charge in [0, 0.05) is 12.1 Å². The van der Waals surface area contributed by atoms with Crippen LogP contribution in [0.1, 0.15) is 38.1 Å². The molecule has 0 aliphatic carbocycles. The Balaban J connectivity index is 2.62. The van der Waals surface area contributed by atoms with Gasteiger partial charge in [-0.2, -0.15) is 0 Å². The molecular formula is C17H25N3O6S. The Morgan fingerprint density at radius 2 is 1.70 bits per heavy atom. The molecule has 9 nitrogen and oxygen atoms in total. The van der Waals surface area contributed by atoms with Crippen molar-refractivity contribution in [1.29, 1.82) is 0 Å². The molecule has 0 heterocycles. The average molecular weight is 399 g/mol. The molecule has 27 heavy (non-hydrogen) atoms.